The summed E-state index contributed by atoms with van der Waals surface area (Å²) in [7, 11) is 0. The highest BCUT2D eigenvalue weighted by Crippen LogP contribution is 2.34. The van der Waals surface area contributed by atoms with E-state index in [0.29, 0.717) is 5.75 Å². The standard InChI is InChI=1S/C8H6BrNO2/c9-5-2-1-3-6-8(5)12-7(11)4-10-6/h1-3,10H,4H2. The van der Waals surface area contributed by atoms with Crippen molar-refractivity contribution in [2.24, 2.45) is 0 Å². The molecule has 0 aliphatic carbocycles. The van der Waals surface area contributed by atoms with Gasteiger partial charge < -0.3 is 10.1 Å². The monoisotopic (exact) mass is 227 g/mol. The molecule has 0 radical (unpaired) electrons. The zero-order chi connectivity index (χ0) is 8.55. The fraction of sp³-hybridized carbons (Fsp3) is 0.125. The molecule has 1 aromatic carbocycles. The fourth-order valence-electron chi connectivity index (χ4n) is 1.07. The van der Waals surface area contributed by atoms with E-state index in [1.165, 1.54) is 0 Å². The Balaban J connectivity index is 2.50. The van der Waals surface area contributed by atoms with E-state index < -0.39 is 0 Å². The molecule has 62 valence electrons. The van der Waals surface area contributed by atoms with Gasteiger partial charge in [0.15, 0.2) is 5.75 Å². The van der Waals surface area contributed by atoms with Crippen molar-refractivity contribution >= 4 is 27.6 Å². The molecule has 0 bridgehead atoms. The number of carbonyl (C=O) groups is 1. The molecule has 1 aliphatic heterocycles. The van der Waals surface area contributed by atoms with E-state index in [4.69, 9.17) is 4.74 Å². The van der Waals surface area contributed by atoms with Crippen molar-refractivity contribution < 1.29 is 9.53 Å². The molecule has 0 atom stereocenters. The second kappa shape index (κ2) is 2.79. The number of halogens is 1. The smallest absolute Gasteiger partial charge is 0.330 e. The van der Waals surface area contributed by atoms with E-state index in [-0.39, 0.29) is 12.5 Å². The van der Waals surface area contributed by atoms with Crippen molar-refractivity contribution in [1.82, 2.24) is 0 Å². The minimum Gasteiger partial charge on any atom is -0.422 e. The summed E-state index contributed by atoms with van der Waals surface area (Å²) in [6.45, 7) is 0.240. The number of benzene rings is 1. The van der Waals surface area contributed by atoms with Gasteiger partial charge in [-0.1, -0.05) is 6.07 Å². The number of fused-ring (bicyclic) bond motifs is 1. The molecule has 0 unspecified atom stereocenters. The number of rotatable bonds is 0. The number of anilines is 1. The molecule has 0 aromatic heterocycles. The van der Waals surface area contributed by atoms with Gasteiger partial charge >= 0.3 is 5.97 Å². The first-order chi connectivity index (χ1) is 5.77. The first-order valence-corrected chi connectivity index (χ1v) is 4.30. The van der Waals surface area contributed by atoms with Crippen LogP contribution in [0.4, 0.5) is 5.69 Å². The molecule has 2 rings (SSSR count). The lowest BCUT2D eigenvalue weighted by Gasteiger charge is -2.17. The van der Waals surface area contributed by atoms with Crippen LogP contribution in [0.25, 0.3) is 0 Å². The second-order valence-corrected chi connectivity index (χ2v) is 3.30. The van der Waals surface area contributed by atoms with Gasteiger partial charge in [-0.25, -0.2) is 4.79 Å². The van der Waals surface area contributed by atoms with Gasteiger partial charge in [0.2, 0.25) is 0 Å². The van der Waals surface area contributed by atoms with Crippen LogP contribution in [0.2, 0.25) is 0 Å². The molecule has 1 aliphatic rings. The summed E-state index contributed by atoms with van der Waals surface area (Å²) in [5.41, 5.74) is 0.851. The summed E-state index contributed by atoms with van der Waals surface area (Å²) in [6.07, 6.45) is 0. The third kappa shape index (κ3) is 1.18. The first-order valence-electron chi connectivity index (χ1n) is 3.50. The third-order valence-electron chi connectivity index (χ3n) is 1.61. The van der Waals surface area contributed by atoms with Gasteiger partial charge in [0.1, 0.15) is 6.54 Å². The Labute approximate surface area is 77.8 Å². The van der Waals surface area contributed by atoms with E-state index in [0.717, 1.165) is 10.2 Å². The van der Waals surface area contributed by atoms with Crippen LogP contribution in [0.15, 0.2) is 22.7 Å². The highest BCUT2D eigenvalue weighted by molar-refractivity contribution is 9.10. The molecule has 0 amide bonds. The van der Waals surface area contributed by atoms with Gasteiger partial charge in [0.25, 0.3) is 0 Å². The zero-order valence-corrected chi connectivity index (χ0v) is 7.72. The molecule has 0 fully saturated rings. The summed E-state index contributed by atoms with van der Waals surface area (Å²) in [4.78, 5) is 10.9. The van der Waals surface area contributed by atoms with Crippen LogP contribution in [0.3, 0.4) is 0 Å². The molecule has 0 saturated heterocycles. The lowest BCUT2D eigenvalue weighted by atomic mass is 10.2. The largest absolute Gasteiger partial charge is 0.422 e. The van der Waals surface area contributed by atoms with Crippen LogP contribution in [0.1, 0.15) is 0 Å². The molecular formula is C8H6BrNO2. The molecule has 1 aromatic rings. The molecule has 1 heterocycles. The predicted octanol–water partition coefficient (Wildman–Crippen LogP) is 1.78. The average Bonchev–Trinajstić information content (AvgIpc) is 2.07. The normalized spacial score (nSPS) is 14.6. The van der Waals surface area contributed by atoms with E-state index in [1.54, 1.807) is 0 Å². The molecule has 4 heteroatoms. The summed E-state index contributed by atoms with van der Waals surface area (Å²) in [5.74, 6) is 0.322. The number of carbonyl (C=O) groups excluding carboxylic acids is 1. The van der Waals surface area contributed by atoms with Crippen molar-refractivity contribution in [3.63, 3.8) is 0 Å². The lowest BCUT2D eigenvalue weighted by molar-refractivity contribution is -0.132. The van der Waals surface area contributed by atoms with Crippen LogP contribution >= 0.6 is 15.9 Å². The number of esters is 1. The average molecular weight is 228 g/mol. The van der Waals surface area contributed by atoms with Crippen molar-refractivity contribution in [3.05, 3.63) is 22.7 Å². The predicted molar refractivity (Wildman–Crippen MR) is 48.3 cm³/mol. The molecule has 0 saturated carbocycles. The van der Waals surface area contributed by atoms with Crippen LogP contribution in [0, 0.1) is 0 Å². The Kier molecular flexibility index (Phi) is 1.77. The van der Waals surface area contributed by atoms with Gasteiger partial charge in [-0.2, -0.15) is 0 Å². The highest BCUT2D eigenvalue weighted by atomic mass is 79.9. The van der Waals surface area contributed by atoms with Gasteiger partial charge in [-0.05, 0) is 28.1 Å². The third-order valence-corrected chi connectivity index (χ3v) is 2.23. The Morgan fingerprint density at radius 3 is 3.17 bits per heavy atom. The van der Waals surface area contributed by atoms with Crippen molar-refractivity contribution in [1.29, 1.82) is 0 Å². The minimum atomic E-state index is -0.255. The van der Waals surface area contributed by atoms with Gasteiger partial charge in [0, 0.05) is 0 Å². The lowest BCUT2D eigenvalue weighted by Crippen LogP contribution is -2.25. The van der Waals surface area contributed by atoms with Crippen LogP contribution < -0.4 is 10.1 Å². The summed E-state index contributed by atoms with van der Waals surface area (Å²) < 4.78 is 5.81. The maximum absolute atomic E-state index is 10.9. The first kappa shape index (κ1) is 7.61. The molecule has 1 N–H and O–H groups in total. The summed E-state index contributed by atoms with van der Waals surface area (Å²) in [5, 5.41) is 2.95. The van der Waals surface area contributed by atoms with Crippen LogP contribution in [-0.2, 0) is 4.79 Å². The molecular weight excluding hydrogens is 222 g/mol. The SMILES string of the molecule is O=C1CNc2cccc(Br)c2O1. The van der Waals surface area contributed by atoms with Gasteiger partial charge in [0.05, 0.1) is 10.2 Å². The fourth-order valence-corrected chi connectivity index (χ4v) is 1.52. The number of para-hydroxylation sites is 1. The van der Waals surface area contributed by atoms with E-state index in [2.05, 4.69) is 21.2 Å². The van der Waals surface area contributed by atoms with Gasteiger partial charge in [-0.15, -0.1) is 0 Å². The Hall–Kier alpha value is -1.03. The highest BCUT2D eigenvalue weighted by Gasteiger charge is 2.17. The minimum absolute atomic E-state index is 0.240. The molecule has 12 heavy (non-hydrogen) atoms. The van der Waals surface area contributed by atoms with Crippen molar-refractivity contribution in [2.45, 2.75) is 0 Å². The Morgan fingerprint density at radius 1 is 1.50 bits per heavy atom. The number of ether oxygens (including phenoxy) is 1. The quantitative estimate of drug-likeness (QED) is 0.543. The summed E-state index contributed by atoms with van der Waals surface area (Å²) in [6, 6.07) is 5.58. The summed E-state index contributed by atoms with van der Waals surface area (Å²) >= 11 is 3.29. The maximum Gasteiger partial charge on any atom is 0.330 e. The molecule has 3 nitrogen and oxygen atoms in total. The van der Waals surface area contributed by atoms with Crippen molar-refractivity contribution in [2.75, 3.05) is 11.9 Å². The Bertz CT molecular complexity index is 338. The number of hydrogen-bond acceptors (Lipinski definition) is 3. The van der Waals surface area contributed by atoms with Gasteiger partial charge in [-0.3, -0.25) is 0 Å². The van der Waals surface area contributed by atoms with Crippen LogP contribution in [-0.4, -0.2) is 12.5 Å². The molecule has 0 spiro atoms. The van der Waals surface area contributed by atoms with E-state index in [1.807, 2.05) is 18.2 Å². The number of nitrogens with one attached hydrogen (secondary N) is 1. The second-order valence-electron chi connectivity index (χ2n) is 2.44. The topological polar surface area (TPSA) is 38.3 Å². The van der Waals surface area contributed by atoms with E-state index >= 15 is 0 Å². The number of hydrogen-bond donors (Lipinski definition) is 1. The maximum atomic E-state index is 10.9. The van der Waals surface area contributed by atoms with Crippen molar-refractivity contribution in [3.8, 4) is 5.75 Å². The Morgan fingerprint density at radius 2 is 2.33 bits per heavy atom. The van der Waals surface area contributed by atoms with E-state index in [9.17, 15) is 4.79 Å². The zero-order valence-electron chi connectivity index (χ0n) is 6.13. The van der Waals surface area contributed by atoms with Crippen LogP contribution in [0.5, 0.6) is 5.75 Å².